The summed E-state index contributed by atoms with van der Waals surface area (Å²) in [6.45, 7) is 4.62. The fourth-order valence-electron chi connectivity index (χ4n) is 8.74. The summed E-state index contributed by atoms with van der Waals surface area (Å²) in [7, 11) is 0. The van der Waals surface area contributed by atoms with Crippen LogP contribution in [0.2, 0.25) is 0 Å². The molecule has 250 valence electrons. The molecule has 10 aromatic rings. The summed E-state index contributed by atoms with van der Waals surface area (Å²) in [5, 5.41) is 4.74. The molecule has 3 heterocycles. The Kier molecular flexibility index (Phi) is 6.23. The Morgan fingerprint density at radius 1 is 0.415 bits per heavy atom. The first kappa shape index (κ1) is 29.8. The van der Waals surface area contributed by atoms with Gasteiger partial charge < -0.3 is 4.57 Å². The highest BCUT2D eigenvalue weighted by Gasteiger charge is 2.37. The van der Waals surface area contributed by atoms with E-state index in [2.05, 4.69) is 169 Å². The van der Waals surface area contributed by atoms with Crippen LogP contribution in [0.15, 0.2) is 164 Å². The first-order chi connectivity index (χ1) is 26.1. The Morgan fingerprint density at radius 3 is 1.74 bits per heavy atom. The summed E-state index contributed by atoms with van der Waals surface area (Å²) in [6.07, 6.45) is 0. The van der Waals surface area contributed by atoms with E-state index in [-0.39, 0.29) is 5.41 Å². The van der Waals surface area contributed by atoms with E-state index in [4.69, 9.17) is 15.0 Å². The maximum atomic E-state index is 5.41. The molecule has 0 atom stereocenters. The number of nitrogens with zero attached hydrogens (tertiary/aromatic N) is 5. The van der Waals surface area contributed by atoms with Gasteiger partial charge in [0.1, 0.15) is 0 Å². The molecule has 11 rings (SSSR count). The predicted octanol–water partition coefficient (Wildman–Crippen LogP) is 11.7. The van der Waals surface area contributed by atoms with Crippen LogP contribution in [-0.4, -0.2) is 24.1 Å². The minimum absolute atomic E-state index is 0.143. The molecule has 0 N–H and O–H groups in total. The van der Waals surface area contributed by atoms with E-state index in [1.165, 1.54) is 38.5 Å². The zero-order chi connectivity index (χ0) is 35.3. The second-order valence-corrected chi connectivity index (χ2v) is 14.5. The van der Waals surface area contributed by atoms with E-state index in [9.17, 15) is 0 Å². The van der Waals surface area contributed by atoms with Crippen molar-refractivity contribution >= 4 is 43.6 Å². The molecule has 1 aliphatic rings. The Bertz CT molecular complexity index is 3080. The third-order valence-electron chi connectivity index (χ3n) is 11.2. The Hall–Kier alpha value is -6.85. The molecule has 7 aromatic carbocycles. The van der Waals surface area contributed by atoms with Gasteiger partial charge in [-0.2, -0.15) is 9.97 Å². The van der Waals surface area contributed by atoms with Crippen LogP contribution < -0.4 is 0 Å². The number of para-hydroxylation sites is 3. The monoisotopic (exact) mass is 679 g/mol. The molecular weight excluding hydrogens is 647 g/mol. The molecule has 0 radical (unpaired) electrons. The average Bonchev–Trinajstić information content (AvgIpc) is 3.80. The van der Waals surface area contributed by atoms with Gasteiger partial charge in [-0.1, -0.05) is 141 Å². The summed E-state index contributed by atoms with van der Waals surface area (Å²) in [5.41, 5.74) is 12.4. The highest BCUT2D eigenvalue weighted by atomic mass is 15.2. The number of hydrogen-bond donors (Lipinski definition) is 0. The van der Waals surface area contributed by atoms with Crippen molar-refractivity contribution in [2.75, 3.05) is 0 Å². The highest BCUT2D eigenvalue weighted by molar-refractivity contribution is 6.19. The molecule has 0 spiro atoms. The minimum atomic E-state index is -0.143. The van der Waals surface area contributed by atoms with Gasteiger partial charge in [0.2, 0.25) is 5.95 Å². The maximum Gasteiger partial charge on any atom is 0.238 e. The number of fused-ring (bicyclic) bond motifs is 9. The lowest BCUT2D eigenvalue weighted by Crippen LogP contribution is -2.14. The molecule has 0 bridgehead atoms. The minimum Gasteiger partial charge on any atom is -0.309 e. The van der Waals surface area contributed by atoms with Crippen molar-refractivity contribution in [2.24, 2.45) is 0 Å². The van der Waals surface area contributed by atoms with E-state index in [1.54, 1.807) is 0 Å². The van der Waals surface area contributed by atoms with Crippen LogP contribution in [0.3, 0.4) is 0 Å². The summed E-state index contributed by atoms with van der Waals surface area (Å²) in [4.78, 5) is 15.9. The van der Waals surface area contributed by atoms with Crippen LogP contribution in [0, 0.1) is 0 Å². The summed E-state index contributed by atoms with van der Waals surface area (Å²) < 4.78 is 4.60. The molecule has 0 saturated carbocycles. The first-order valence-electron chi connectivity index (χ1n) is 18.1. The molecule has 1 aliphatic carbocycles. The van der Waals surface area contributed by atoms with Crippen molar-refractivity contribution in [3.05, 3.63) is 175 Å². The van der Waals surface area contributed by atoms with E-state index >= 15 is 0 Å². The quantitative estimate of drug-likeness (QED) is 0.186. The van der Waals surface area contributed by atoms with Gasteiger partial charge in [0.25, 0.3) is 0 Å². The predicted molar refractivity (Wildman–Crippen MR) is 217 cm³/mol. The largest absolute Gasteiger partial charge is 0.309 e. The molecule has 0 saturated heterocycles. The van der Waals surface area contributed by atoms with Crippen molar-refractivity contribution in [1.82, 2.24) is 24.1 Å². The van der Waals surface area contributed by atoms with Gasteiger partial charge in [0.15, 0.2) is 11.6 Å². The van der Waals surface area contributed by atoms with Crippen LogP contribution in [0.1, 0.15) is 25.0 Å². The van der Waals surface area contributed by atoms with Gasteiger partial charge in [-0.15, -0.1) is 0 Å². The Balaban J connectivity index is 1.25. The lowest BCUT2D eigenvalue weighted by molar-refractivity contribution is 0.660. The van der Waals surface area contributed by atoms with Crippen molar-refractivity contribution in [3.8, 4) is 45.5 Å². The van der Waals surface area contributed by atoms with Gasteiger partial charge in [0.05, 0.1) is 22.1 Å². The Morgan fingerprint density at radius 2 is 0.981 bits per heavy atom. The van der Waals surface area contributed by atoms with E-state index in [1.807, 2.05) is 18.2 Å². The smallest absolute Gasteiger partial charge is 0.238 e. The number of aromatic nitrogens is 5. The summed E-state index contributed by atoms with van der Waals surface area (Å²) >= 11 is 0. The molecule has 0 amide bonds. The van der Waals surface area contributed by atoms with Crippen molar-refractivity contribution in [3.63, 3.8) is 0 Å². The van der Waals surface area contributed by atoms with Gasteiger partial charge in [-0.3, -0.25) is 4.57 Å². The fraction of sp³-hybridized carbons (Fsp3) is 0.0625. The van der Waals surface area contributed by atoms with E-state index in [0.717, 1.165) is 44.1 Å². The number of benzene rings is 7. The van der Waals surface area contributed by atoms with E-state index < -0.39 is 0 Å². The molecule has 53 heavy (non-hydrogen) atoms. The molecule has 0 aliphatic heterocycles. The fourth-order valence-corrected chi connectivity index (χ4v) is 8.74. The van der Waals surface area contributed by atoms with Crippen molar-refractivity contribution < 1.29 is 0 Å². The standard InChI is InChI=1S/C48H33N5/c1-48(2)38-24-12-9-22-34(38)44-35(23-15-25-39(44)48)46-49-45(30-16-5-3-6-17-30)50-47(51-46)53-41-27-14-11-21-33(41)37-28-36-32-20-10-13-26-40(32)52(42(36)29-43(37)53)31-18-7-4-8-19-31/h3-29H,1-2H3. The lowest BCUT2D eigenvalue weighted by atomic mass is 9.82. The van der Waals surface area contributed by atoms with Crippen molar-refractivity contribution in [1.29, 1.82) is 0 Å². The van der Waals surface area contributed by atoms with Crippen LogP contribution >= 0.6 is 0 Å². The van der Waals surface area contributed by atoms with Crippen LogP contribution in [-0.2, 0) is 5.41 Å². The molecule has 5 nitrogen and oxygen atoms in total. The second-order valence-electron chi connectivity index (χ2n) is 14.5. The van der Waals surface area contributed by atoms with Crippen LogP contribution in [0.25, 0.3) is 89.2 Å². The molecule has 0 unspecified atom stereocenters. The van der Waals surface area contributed by atoms with E-state index in [0.29, 0.717) is 17.6 Å². The van der Waals surface area contributed by atoms with Crippen LogP contribution in [0.4, 0.5) is 0 Å². The third-order valence-corrected chi connectivity index (χ3v) is 11.2. The maximum absolute atomic E-state index is 5.41. The second kappa shape index (κ2) is 11.1. The van der Waals surface area contributed by atoms with Gasteiger partial charge in [-0.05, 0) is 58.7 Å². The molecule has 0 fully saturated rings. The topological polar surface area (TPSA) is 48.5 Å². The normalized spacial score (nSPS) is 13.2. The number of hydrogen-bond acceptors (Lipinski definition) is 3. The summed E-state index contributed by atoms with van der Waals surface area (Å²) in [5.74, 6) is 1.88. The van der Waals surface area contributed by atoms with Crippen molar-refractivity contribution in [2.45, 2.75) is 19.3 Å². The Labute approximate surface area is 306 Å². The molecule has 5 heteroatoms. The first-order valence-corrected chi connectivity index (χ1v) is 18.1. The van der Waals surface area contributed by atoms with Gasteiger partial charge in [0, 0.05) is 43.8 Å². The average molecular weight is 680 g/mol. The third kappa shape index (κ3) is 4.28. The molecular formula is C48H33N5. The lowest BCUT2D eigenvalue weighted by Gasteiger charge is -2.21. The van der Waals surface area contributed by atoms with Gasteiger partial charge >= 0.3 is 0 Å². The molecule has 3 aromatic heterocycles. The number of rotatable bonds is 4. The zero-order valence-electron chi connectivity index (χ0n) is 29.3. The highest BCUT2D eigenvalue weighted by Crippen LogP contribution is 2.51. The summed E-state index contributed by atoms with van der Waals surface area (Å²) in [6, 6.07) is 58.1. The zero-order valence-corrected chi connectivity index (χ0v) is 29.3. The van der Waals surface area contributed by atoms with Gasteiger partial charge in [-0.25, -0.2) is 4.98 Å². The van der Waals surface area contributed by atoms with Crippen LogP contribution in [0.5, 0.6) is 0 Å². The SMILES string of the molecule is CC1(C)c2ccccc2-c2c(-c3nc(-c4ccccc4)nc(-n4c5ccccc5c5cc6c7ccccc7n(-c7ccccc7)c6cc54)n3)cccc21.